The van der Waals surface area contributed by atoms with Crippen LogP contribution in [0.5, 0.6) is 5.75 Å². The molecule has 0 aliphatic carbocycles. The zero-order valence-electron chi connectivity index (χ0n) is 12.7. The van der Waals surface area contributed by atoms with Gasteiger partial charge in [0.05, 0.1) is 13.0 Å². The highest BCUT2D eigenvalue weighted by Crippen LogP contribution is 2.19. The maximum Gasteiger partial charge on any atom is 0.220 e. The van der Waals surface area contributed by atoms with Gasteiger partial charge in [0.2, 0.25) is 5.91 Å². The first kappa shape index (κ1) is 15.6. The second-order valence-corrected chi connectivity index (χ2v) is 5.44. The van der Waals surface area contributed by atoms with E-state index in [9.17, 15) is 4.79 Å². The van der Waals surface area contributed by atoms with Gasteiger partial charge in [0.1, 0.15) is 5.75 Å². The number of piperidine rings is 1. The lowest BCUT2D eigenvalue weighted by molar-refractivity contribution is -0.118. The molecule has 1 heterocycles. The Kier molecular flexibility index (Phi) is 5.87. The summed E-state index contributed by atoms with van der Waals surface area (Å²) < 4.78 is 5.46. The summed E-state index contributed by atoms with van der Waals surface area (Å²) in [7, 11) is 0. The highest BCUT2D eigenvalue weighted by Gasteiger charge is 2.17. The van der Waals surface area contributed by atoms with Gasteiger partial charge < -0.3 is 20.7 Å². The molecule has 1 aromatic rings. The van der Waals surface area contributed by atoms with Gasteiger partial charge in [0, 0.05) is 24.8 Å². The van der Waals surface area contributed by atoms with Crippen LogP contribution in [0.2, 0.25) is 0 Å². The second-order valence-electron chi connectivity index (χ2n) is 5.44. The number of anilines is 1. The van der Waals surface area contributed by atoms with Crippen LogP contribution in [0.4, 0.5) is 5.69 Å². The van der Waals surface area contributed by atoms with E-state index >= 15 is 0 Å². The molecule has 5 nitrogen and oxygen atoms in total. The van der Waals surface area contributed by atoms with Crippen LogP contribution in [-0.4, -0.2) is 43.1 Å². The van der Waals surface area contributed by atoms with Gasteiger partial charge in [-0.05, 0) is 43.7 Å². The minimum Gasteiger partial charge on any atom is -0.493 e. The van der Waals surface area contributed by atoms with Gasteiger partial charge in [-0.3, -0.25) is 4.79 Å². The first-order chi connectivity index (χ1) is 10.2. The molecule has 0 aromatic heterocycles. The van der Waals surface area contributed by atoms with E-state index in [0.29, 0.717) is 12.6 Å². The zero-order valence-corrected chi connectivity index (χ0v) is 12.7. The molecule has 0 atom stereocenters. The molecule has 116 valence electrons. The standard InChI is InChI=1S/C16H25N3O2/c1-2-19-10-7-14(8-11-19)18-13-3-5-15(6-4-13)21-12-9-16(17)20/h3-6,14,18H,2,7-12H2,1H3,(H2,17,20). The SMILES string of the molecule is CCN1CCC(Nc2ccc(OCCC(N)=O)cc2)CC1. The number of rotatable bonds is 7. The molecule has 3 N–H and O–H groups in total. The van der Waals surface area contributed by atoms with Crippen LogP contribution in [0.25, 0.3) is 0 Å². The summed E-state index contributed by atoms with van der Waals surface area (Å²) in [6, 6.07) is 8.43. The number of amides is 1. The lowest BCUT2D eigenvalue weighted by atomic mass is 10.0. The molecule has 0 unspecified atom stereocenters. The maximum atomic E-state index is 10.6. The molecular formula is C16H25N3O2. The number of hydrogen-bond acceptors (Lipinski definition) is 4. The first-order valence-corrected chi connectivity index (χ1v) is 7.67. The van der Waals surface area contributed by atoms with Crippen molar-refractivity contribution < 1.29 is 9.53 Å². The Bertz CT molecular complexity index is 439. The molecule has 1 aromatic carbocycles. The van der Waals surface area contributed by atoms with Crippen LogP contribution >= 0.6 is 0 Å². The molecule has 0 bridgehead atoms. The van der Waals surface area contributed by atoms with Crippen molar-refractivity contribution in [3.8, 4) is 5.75 Å². The number of carbonyl (C=O) groups is 1. The third-order valence-electron chi connectivity index (χ3n) is 3.88. The van der Waals surface area contributed by atoms with Crippen molar-refractivity contribution in [3.05, 3.63) is 24.3 Å². The monoisotopic (exact) mass is 291 g/mol. The Balaban J connectivity index is 1.76. The molecule has 0 saturated carbocycles. The van der Waals surface area contributed by atoms with E-state index in [-0.39, 0.29) is 12.3 Å². The predicted molar refractivity (Wildman–Crippen MR) is 84.5 cm³/mol. The van der Waals surface area contributed by atoms with Gasteiger partial charge in [0.15, 0.2) is 0 Å². The normalized spacial score (nSPS) is 16.6. The van der Waals surface area contributed by atoms with Crippen molar-refractivity contribution in [1.29, 1.82) is 0 Å². The van der Waals surface area contributed by atoms with Crippen LogP contribution in [0.1, 0.15) is 26.2 Å². The second kappa shape index (κ2) is 7.88. The lowest BCUT2D eigenvalue weighted by Crippen LogP contribution is -2.38. The molecule has 1 amide bonds. The zero-order chi connectivity index (χ0) is 15.1. The van der Waals surface area contributed by atoms with Gasteiger partial charge in [-0.1, -0.05) is 6.92 Å². The number of nitrogens with two attached hydrogens (primary N) is 1. The van der Waals surface area contributed by atoms with Crippen molar-refractivity contribution in [2.45, 2.75) is 32.2 Å². The fourth-order valence-corrected chi connectivity index (χ4v) is 2.55. The average molecular weight is 291 g/mol. The van der Waals surface area contributed by atoms with Gasteiger partial charge in [0.25, 0.3) is 0 Å². The first-order valence-electron chi connectivity index (χ1n) is 7.67. The summed E-state index contributed by atoms with van der Waals surface area (Å²) in [5.41, 5.74) is 6.19. The Morgan fingerprint density at radius 1 is 1.33 bits per heavy atom. The molecule has 1 saturated heterocycles. The summed E-state index contributed by atoms with van der Waals surface area (Å²) in [4.78, 5) is 13.1. The Morgan fingerprint density at radius 2 is 2.00 bits per heavy atom. The number of ether oxygens (including phenoxy) is 1. The van der Waals surface area contributed by atoms with Crippen LogP contribution in [0.15, 0.2) is 24.3 Å². The van der Waals surface area contributed by atoms with Crippen LogP contribution in [0.3, 0.4) is 0 Å². The number of nitrogens with one attached hydrogen (secondary N) is 1. The smallest absolute Gasteiger partial charge is 0.220 e. The fraction of sp³-hybridized carbons (Fsp3) is 0.562. The predicted octanol–water partition coefficient (Wildman–Crippen LogP) is 1.84. The Hall–Kier alpha value is -1.75. The van der Waals surface area contributed by atoms with E-state index in [1.54, 1.807) is 0 Å². The van der Waals surface area contributed by atoms with Crippen molar-refractivity contribution in [2.75, 3.05) is 31.6 Å². The quantitative estimate of drug-likeness (QED) is 0.804. The van der Waals surface area contributed by atoms with Crippen molar-refractivity contribution in [3.63, 3.8) is 0 Å². The van der Waals surface area contributed by atoms with Gasteiger partial charge in [-0.25, -0.2) is 0 Å². The summed E-state index contributed by atoms with van der Waals surface area (Å²) in [5.74, 6) is 0.425. The number of primary amides is 1. The molecule has 1 fully saturated rings. The van der Waals surface area contributed by atoms with Crippen LogP contribution < -0.4 is 15.8 Å². The lowest BCUT2D eigenvalue weighted by Gasteiger charge is -2.32. The highest BCUT2D eigenvalue weighted by atomic mass is 16.5. The molecule has 0 radical (unpaired) electrons. The Labute approximate surface area is 126 Å². The van der Waals surface area contributed by atoms with Crippen molar-refractivity contribution in [1.82, 2.24) is 4.90 Å². The van der Waals surface area contributed by atoms with E-state index in [4.69, 9.17) is 10.5 Å². The molecule has 5 heteroatoms. The number of hydrogen-bond donors (Lipinski definition) is 2. The molecule has 21 heavy (non-hydrogen) atoms. The maximum absolute atomic E-state index is 10.6. The van der Waals surface area contributed by atoms with E-state index in [0.717, 1.165) is 18.0 Å². The minimum absolute atomic E-state index is 0.246. The molecule has 2 rings (SSSR count). The largest absolute Gasteiger partial charge is 0.493 e. The summed E-state index contributed by atoms with van der Waals surface area (Å²) >= 11 is 0. The van der Waals surface area contributed by atoms with Gasteiger partial charge >= 0.3 is 0 Å². The van der Waals surface area contributed by atoms with Gasteiger partial charge in [-0.2, -0.15) is 0 Å². The fourth-order valence-electron chi connectivity index (χ4n) is 2.55. The Morgan fingerprint density at radius 3 is 2.57 bits per heavy atom. The number of benzene rings is 1. The minimum atomic E-state index is -0.341. The number of nitrogens with zero attached hydrogens (tertiary/aromatic N) is 1. The third-order valence-corrected chi connectivity index (χ3v) is 3.88. The molecule has 0 spiro atoms. The van der Waals surface area contributed by atoms with E-state index < -0.39 is 0 Å². The van der Waals surface area contributed by atoms with E-state index in [1.165, 1.54) is 25.9 Å². The number of likely N-dealkylation sites (tertiary alicyclic amines) is 1. The highest BCUT2D eigenvalue weighted by molar-refractivity contribution is 5.73. The summed E-state index contributed by atoms with van der Waals surface area (Å²) in [5, 5.41) is 3.57. The van der Waals surface area contributed by atoms with Crippen LogP contribution in [-0.2, 0) is 4.79 Å². The molecular weight excluding hydrogens is 266 g/mol. The topological polar surface area (TPSA) is 67.6 Å². The molecule has 1 aliphatic heterocycles. The summed E-state index contributed by atoms with van der Waals surface area (Å²) in [6.07, 6.45) is 2.62. The van der Waals surface area contributed by atoms with Gasteiger partial charge in [-0.15, -0.1) is 0 Å². The summed E-state index contributed by atoms with van der Waals surface area (Å²) in [6.45, 7) is 6.03. The van der Waals surface area contributed by atoms with Crippen molar-refractivity contribution >= 4 is 11.6 Å². The third kappa shape index (κ3) is 5.27. The average Bonchev–Trinajstić information content (AvgIpc) is 2.49. The van der Waals surface area contributed by atoms with Crippen molar-refractivity contribution in [2.24, 2.45) is 5.73 Å². The van der Waals surface area contributed by atoms with Crippen LogP contribution in [0, 0.1) is 0 Å². The molecule has 1 aliphatic rings. The number of carbonyl (C=O) groups excluding carboxylic acids is 1. The van der Waals surface area contributed by atoms with E-state index in [1.807, 2.05) is 24.3 Å². The van der Waals surface area contributed by atoms with E-state index in [2.05, 4.69) is 17.1 Å².